The van der Waals surface area contributed by atoms with Gasteiger partial charge in [-0.2, -0.15) is 0 Å². The van der Waals surface area contributed by atoms with Crippen LogP contribution in [-0.4, -0.2) is 18.5 Å². The lowest BCUT2D eigenvalue weighted by molar-refractivity contribution is -0.123. The van der Waals surface area contributed by atoms with Crippen LogP contribution < -0.4 is 10.2 Å². The molecule has 3 amide bonds. The van der Waals surface area contributed by atoms with Crippen LogP contribution in [0.2, 0.25) is 0 Å². The summed E-state index contributed by atoms with van der Waals surface area (Å²) in [6.45, 7) is 1.54. The van der Waals surface area contributed by atoms with Crippen LogP contribution in [0.5, 0.6) is 0 Å². The predicted octanol–water partition coefficient (Wildman–Crippen LogP) is 1.80. The highest BCUT2D eigenvalue weighted by Crippen LogP contribution is 2.23. The van der Waals surface area contributed by atoms with Crippen LogP contribution in [0.3, 0.4) is 0 Å². The average Bonchev–Trinajstić information content (AvgIpc) is 2.30. The zero-order chi connectivity index (χ0) is 13.4. The third-order valence-electron chi connectivity index (χ3n) is 2.66. The van der Waals surface area contributed by atoms with Gasteiger partial charge in [-0.05, 0) is 0 Å². The molecule has 1 aromatic carbocycles. The molecule has 1 aliphatic rings. The van der Waals surface area contributed by atoms with Crippen molar-refractivity contribution in [1.82, 2.24) is 5.32 Å². The second-order valence-electron chi connectivity index (χ2n) is 4.03. The normalized spacial score (nSPS) is 20.0. The van der Waals surface area contributed by atoms with Crippen molar-refractivity contribution < 1.29 is 22.8 Å². The Kier molecular flexibility index (Phi) is 2.98. The van der Waals surface area contributed by atoms with Crippen LogP contribution in [0.4, 0.5) is 23.7 Å². The first-order chi connectivity index (χ1) is 8.40. The highest BCUT2D eigenvalue weighted by molar-refractivity contribution is 6.06. The Bertz CT molecular complexity index is 510. The van der Waals surface area contributed by atoms with E-state index in [-0.39, 0.29) is 12.2 Å². The molecule has 96 valence electrons. The number of hydrogen-bond donors (Lipinski definition) is 1. The maximum Gasteiger partial charge on any atom is 0.328 e. The summed E-state index contributed by atoms with van der Waals surface area (Å²) in [5.41, 5.74) is -0.136. The second-order valence-corrected chi connectivity index (χ2v) is 4.03. The van der Waals surface area contributed by atoms with Gasteiger partial charge in [-0.3, -0.25) is 15.0 Å². The number of imide groups is 1. The molecule has 18 heavy (non-hydrogen) atoms. The molecule has 0 spiro atoms. The highest BCUT2D eigenvalue weighted by atomic mass is 19.2. The molecular weight excluding hydrogens is 249 g/mol. The van der Waals surface area contributed by atoms with E-state index in [1.807, 2.05) is 5.32 Å². The molecule has 4 nitrogen and oxygen atoms in total. The lowest BCUT2D eigenvalue weighted by Gasteiger charge is -2.30. The minimum atomic E-state index is -1.60. The van der Waals surface area contributed by atoms with Crippen LogP contribution in [-0.2, 0) is 4.79 Å². The van der Waals surface area contributed by atoms with E-state index < -0.39 is 35.3 Å². The summed E-state index contributed by atoms with van der Waals surface area (Å²) >= 11 is 0. The number of carbonyl (C=O) groups is 2. The predicted molar refractivity (Wildman–Crippen MR) is 56.4 cm³/mol. The molecular formula is C11H9F3N2O2. The Hall–Kier alpha value is -2.05. The molecule has 0 aromatic heterocycles. The number of urea groups is 1. The molecule has 1 heterocycles. The summed E-state index contributed by atoms with van der Waals surface area (Å²) in [6, 6.07) is 0.629. The van der Waals surface area contributed by atoms with Gasteiger partial charge in [-0.1, -0.05) is 6.92 Å². The SMILES string of the molecule is CC1CN(c2cc(F)c(F)c(F)c2)C(=O)NC1=O. The molecule has 1 aliphatic heterocycles. The Morgan fingerprint density at radius 3 is 2.33 bits per heavy atom. The van der Waals surface area contributed by atoms with Gasteiger partial charge in [-0.25, -0.2) is 18.0 Å². The van der Waals surface area contributed by atoms with Crippen molar-refractivity contribution in [3.63, 3.8) is 0 Å². The van der Waals surface area contributed by atoms with Crippen molar-refractivity contribution in [3.8, 4) is 0 Å². The number of hydrogen-bond acceptors (Lipinski definition) is 2. The standard InChI is InChI=1S/C11H9F3N2O2/c1-5-4-16(11(18)15-10(5)17)6-2-7(12)9(14)8(13)3-6/h2-3,5H,4H2,1H3,(H,15,17,18). The van der Waals surface area contributed by atoms with E-state index in [1.165, 1.54) is 0 Å². The van der Waals surface area contributed by atoms with E-state index in [2.05, 4.69) is 0 Å². The van der Waals surface area contributed by atoms with E-state index in [0.29, 0.717) is 12.1 Å². The fourth-order valence-corrected chi connectivity index (χ4v) is 1.66. The maximum atomic E-state index is 13.1. The smallest absolute Gasteiger partial charge is 0.293 e. The van der Waals surface area contributed by atoms with Gasteiger partial charge in [0.05, 0.1) is 11.6 Å². The molecule has 1 N–H and O–H groups in total. The fraction of sp³-hybridized carbons (Fsp3) is 0.273. The van der Waals surface area contributed by atoms with Crippen molar-refractivity contribution in [2.75, 3.05) is 11.4 Å². The summed E-state index contributed by atoms with van der Waals surface area (Å²) in [5.74, 6) is -5.34. The maximum absolute atomic E-state index is 13.1. The van der Waals surface area contributed by atoms with Gasteiger partial charge in [-0.15, -0.1) is 0 Å². The third-order valence-corrected chi connectivity index (χ3v) is 2.66. The minimum absolute atomic E-state index is 0.0187. The number of carbonyl (C=O) groups excluding carboxylic acids is 2. The minimum Gasteiger partial charge on any atom is -0.293 e. The van der Waals surface area contributed by atoms with Gasteiger partial charge in [0.2, 0.25) is 5.91 Å². The molecule has 1 fully saturated rings. The summed E-state index contributed by atoms with van der Waals surface area (Å²) in [4.78, 5) is 23.7. The van der Waals surface area contributed by atoms with E-state index >= 15 is 0 Å². The van der Waals surface area contributed by atoms with Gasteiger partial charge >= 0.3 is 6.03 Å². The number of nitrogens with one attached hydrogen (secondary N) is 1. The zero-order valence-electron chi connectivity index (χ0n) is 9.34. The first-order valence-electron chi connectivity index (χ1n) is 5.17. The average molecular weight is 258 g/mol. The highest BCUT2D eigenvalue weighted by Gasteiger charge is 2.31. The number of benzene rings is 1. The van der Waals surface area contributed by atoms with Crippen LogP contribution in [0, 0.1) is 23.4 Å². The van der Waals surface area contributed by atoms with Gasteiger partial charge in [0.1, 0.15) is 0 Å². The molecule has 2 rings (SSSR count). The van der Waals surface area contributed by atoms with Crippen molar-refractivity contribution in [3.05, 3.63) is 29.6 Å². The van der Waals surface area contributed by atoms with Crippen LogP contribution in [0.1, 0.15) is 6.92 Å². The van der Waals surface area contributed by atoms with Crippen molar-refractivity contribution in [1.29, 1.82) is 0 Å². The Morgan fingerprint density at radius 2 is 1.78 bits per heavy atom. The lowest BCUT2D eigenvalue weighted by Crippen LogP contribution is -2.54. The molecule has 0 aliphatic carbocycles. The Labute approximate surface area is 100 Å². The number of amides is 3. The number of halogens is 3. The molecule has 0 bridgehead atoms. The largest absolute Gasteiger partial charge is 0.328 e. The summed E-state index contributed by atoms with van der Waals surface area (Å²) in [6.07, 6.45) is 0. The third kappa shape index (κ3) is 2.03. The lowest BCUT2D eigenvalue weighted by atomic mass is 10.1. The zero-order valence-corrected chi connectivity index (χ0v) is 9.34. The summed E-state index contributed by atoms with van der Waals surface area (Å²) < 4.78 is 38.9. The molecule has 0 saturated carbocycles. The van der Waals surface area contributed by atoms with Gasteiger partial charge < -0.3 is 0 Å². The van der Waals surface area contributed by atoms with E-state index in [0.717, 1.165) is 4.90 Å². The monoisotopic (exact) mass is 258 g/mol. The van der Waals surface area contributed by atoms with Crippen molar-refractivity contribution in [2.45, 2.75) is 6.92 Å². The van der Waals surface area contributed by atoms with E-state index in [9.17, 15) is 22.8 Å². The molecule has 1 saturated heterocycles. The molecule has 1 atom stereocenters. The van der Waals surface area contributed by atoms with Gasteiger partial charge in [0, 0.05) is 18.7 Å². The first kappa shape index (κ1) is 12.4. The molecule has 7 heteroatoms. The fourth-order valence-electron chi connectivity index (χ4n) is 1.66. The van der Waals surface area contributed by atoms with Crippen LogP contribution in [0.25, 0.3) is 0 Å². The summed E-state index contributed by atoms with van der Waals surface area (Å²) in [5, 5.41) is 2.04. The van der Waals surface area contributed by atoms with Crippen LogP contribution >= 0.6 is 0 Å². The molecule has 1 aromatic rings. The van der Waals surface area contributed by atoms with E-state index in [4.69, 9.17) is 0 Å². The molecule has 0 radical (unpaired) electrons. The van der Waals surface area contributed by atoms with E-state index in [1.54, 1.807) is 6.92 Å². The summed E-state index contributed by atoms with van der Waals surface area (Å²) in [7, 11) is 0. The van der Waals surface area contributed by atoms with Crippen molar-refractivity contribution >= 4 is 17.6 Å². The number of rotatable bonds is 1. The number of nitrogens with zero attached hydrogens (tertiary/aromatic N) is 1. The Balaban J connectivity index is 2.37. The number of anilines is 1. The topological polar surface area (TPSA) is 49.4 Å². The second kappa shape index (κ2) is 4.32. The first-order valence-corrected chi connectivity index (χ1v) is 5.17. The van der Waals surface area contributed by atoms with Gasteiger partial charge in [0.25, 0.3) is 0 Å². The Morgan fingerprint density at radius 1 is 1.22 bits per heavy atom. The van der Waals surface area contributed by atoms with Crippen LogP contribution in [0.15, 0.2) is 12.1 Å². The van der Waals surface area contributed by atoms with Gasteiger partial charge in [0.15, 0.2) is 17.5 Å². The van der Waals surface area contributed by atoms with Crippen molar-refractivity contribution in [2.24, 2.45) is 5.92 Å². The quantitative estimate of drug-likeness (QED) is 0.781. The molecule has 1 unspecified atom stereocenters.